The van der Waals surface area contributed by atoms with E-state index in [0.29, 0.717) is 6.54 Å². The topological polar surface area (TPSA) is 38.0 Å². The zero-order valence-corrected chi connectivity index (χ0v) is 4.36. The van der Waals surface area contributed by atoms with E-state index >= 15 is 0 Å². The van der Waals surface area contributed by atoms with Crippen LogP contribution in [0.1, 0.15) is 0 Å². The Labute approximate surface area is 42.8 Å². The zero-order chi connectivity index (χ0) is 4.12. The van der Waals surface area contributed by atoms with Crippen LogP contribution in [0.4, 0.5) is 0 Å². The van der Waals surface area contributed by atoms with Crippen LogP contribution >= 0.6 is 0 Å². The average Bonchev–Trinajstić information content (AvgIpc) is 1.41. The predicted molar refractivity (Wildman–Crippen MR) is 17.1 cm³/mol. The first-order chi connectivity index (χ1) is 2.41. The van der Waals surface area contributed by atoms with E-state index in [9.17, 15) is 0 Å². The monoisotopic (exact) mass is 165 g/mol. The van der Waals surface area contributed by atoms with Crippen molar-refractivity contribution in [3.05, 3.63) is 0 Å². The van der Waals surface area contributed by atoms with Crippen LogP contribution in [0.3, 0.4) is 0 Å². The van der Waals surface area contributed by atoms with Crippen molar-refractivity contribution in [1.29, 1.82) is 0 Å². The molecule has 0 saturated heterocycles. The molecule has 5 heavy (non-hydrogen) atoms. The van der Waals surface area contributed by atoms with Crippen LogP contribution in [0.25, 0.3) is 0 Å². The SMILES string of the molecule is NCC[NH][Pd]. The Balaban J connectivity index is 2.19. The minimum absolute atomic E-state index is 0.695. The Morgan fingerprint density at radius 3 is 2.40 bits per heavy atom. The van der Waals surface area contributed by atoms with Crippen molar-refractivity contribution in [2.24, 2.45) is 5.73 Å². The summed E-state index contributed by atoms with van der Waals surface area (Å²) >= 11 is 2.76. The molecule has 0 atom stereocenters. The normalized spacial score (nSPS) is 8.60. The summed E-state index contributed by atoms with van der Waals surface area (Å²) in [6, 6.07) is 0. The third-order valence-electron chi connectivity index (χ3n) is 0.223. The number of hydrogen-bond acceptors (Lipinski definition) is 2. The van der Waals surface area contributed by atoms with Crippen LogP contribution < -0.4 is 9.68 Å². The van der Waals surface area contributed by atoms with Crippen molar-refractivity contribution in [1.82, 2.24) is 3.95 Å². The summed E-state index contributed by atoms with van der Waals surface area (Å²) in [5.41, 5.74) is 5.05. The number of nitrogens with one attached hydrogen (secondary N) is 1. The third kappa shape index (κ3) is 4.58. The van der Waals surface area contributed by atoms with Gasteiger partial charge in [0.25, 0.3) is 0 Å². The van der Waals surface area contributed by atoms with Crippen molar-refractivity contribution in [2.45, 2.75) is 0 Å². The fraction of sp³-hybridized carbons (Fsp3) is 1.00. The molecular formula is C2H7N2Pd. The van der Waals surface area contributed by atoms with E-state index in [4.69, 9.17) is 5.73 Å². The Bertz CT molecular complexity index is 15.1. The molecule has 0 amide bonds. The van der Waals surface area contributed by atoms with Crippen LogP contribution in [0, 0.1) is 0 Å². The maximum atomic E-state index is 5.05. The van der Waals surface area contributed by atoms with Gasteiger partial charge in [0, 0.05) is 0 Å². The molecule has 0 aromatic rings. The van der Waals surface area contributed by atoms with Gasteiger partial charge in [-0.15, -0.1) is 0 Å². The van der Waals surface area contributed by atoms with Crippen molar-refractivity contribution < 1.29 is 19.4 Å². The van der Waals surface area contributed by atoms with E-state index in [-0.39, 0.29) is 0 Å². The van der Waals surface area contributed by atoms with E-state index in [0.717, 1.165) is 6.54 Å². The van der Waals surface area contributed by atoms with Crippen molar-refractivity contribution in [3.63, 3.8) is 0 Å². The van der Waals surface area contributed by atoms with Crippen molar-refractivity contribution in [3.8, 4) is 0 Å². The van der Waals surface area contributed by atoms with Crippen LogP contribution in [0.5, 0.6) is 0 Å². The molecule has 2 nitrogen and oxygen atoms in total. The summed E-state index contributed by atoms with van der Waals surface area (Å²) in [7, 11) is 0. The molecule has 0 rings (SSSR count). The fourth-order valence-corrected chi connectivity index (χ4v) is 0.270. The van der Waals surface area contributed by atoms with Gasteiger partial charge in [0.15, 0.2) is 0 Å². The maximum absolute atomic E-state index is 5.05. The molecule has 0 heterocycles. The van der Waals surface area contributed by atoms with Gasteiger partial charge in [-0.3, -0.25) is 0 Å². The number of nitrogens with two attached hydrogens (primary N) is 1. The second-order valence-electron chi connectivity index (χ2n) is 0.650. The molecule has 0 aromatic heterocycles. The molecule has 3 N–H and O–H groups in total. The van der Waals surface area contributed by atoms with E-state index in [2.05, 4.69) is 23.4 Å². The molecule has 0 saturated carbocycles. The second-order valence-corrected chi connectivity index (χ2v) is 1.20. The minimum atomic E-state index is 0.695. The van der Waals surface area contributed by atoms with Crippen LogP contribution in [-0.2, 0) is 19.4 Å². The number of rotatable bonds is 2. The van der Waals surface area contributed by atoms with Gasteiger partial charge < -0.3 is 0 Å². The first-order valence-electron chi connectivity index (χ1n) is 1.42. The predicted octanol–water partition coefficient (Wildman–Crippen LogP) is -1.00. The van der Waals surface area contributed by atoms with Gasteiger partial charge >= 0.3 is 42.2 Å². The quantitative estimate of drug-likeness (QED) is 0.515. The summed E-state index contributed by atoms with van der Waals surface area (Å²) in [5, 5.41) is 0. The third-order valence-corrected chi connectivity index (χ3v) is 0.612. The van der Waals surface area contributed by atoms with E-state index in [1.54, 1.807) is 0 Å². The van der Waals surface area contributed by atoms with E-state index < -0.39 is 0 Å². The second kappa shape index (κ2) is 4.58. The Morgan fingerprint density at radius 2 is 2.40 bits per heavy atom. The van der Waals surface area contributed by atoms with Gasteiger partial charge in [-0.2, -0.15) is 0 Å². The van der Waals surface area contributed by atoms with Crippen molar-refractivity contribution >= 4 is 0 Å². The van der Waals surface area contributed by atoms with Gasteiger partial charge in [0.05, 0.1) is 0 Å². The molecule has 35 valence electrons. The summed E-state index contributed by atoms with van der Waals surface area (Å²) in [6.45, 7) is 1.55. The molecule has 0 fully saturated rings. The fourth-order valence-electron chi connectivity index (χ4n) is 0.0456. The van der Waals surface area contributed by atoms with E-state index in [1.807, 2.05) is 0 Å². The molecule has 0 aliphatic rings. The van der Waals surface area contributed by atoms with Crippen molar-refractivity contribution in [2.75, 3.05) is 13.1 Å². The molecule has 0 unspecified atom stereocenters. The molecule has 0 bridgehead atoms. The van der Waals surface area contributed by atoms with Gasteiger partial charge in [-0.25, -0.2) is 0 Å². The molecule has 0 radical (unpaired) electrons. The van der Waals surface area contributed by atoms with Crippen LogP contribution in [0.15, 0.2) is 0 Å². The zero-order valence-electron chi connectivity index (χ0n) is 2.81. The molecule has 0 aliphatic carbocycles. The molecule has 3 heteroatoms. The summed E-state index contributed by atoms with van der Waals surface area (Å²) in [6.07, 6.45) is 0. The first kappa shape index (κ1) is 5.58. The molecule has 0 aromatic carbocycles. The average molecular weight is 166 g/mol. The van der Waals surface area contributed by atoms with Crippen LogP contribution in [0.2, 0.25) is 0 Å². The van der Waals surface area contributed by atoms with Gasteiger partial charge in [-0.05, 0) is 0 Å². The standard InChI is InChI=1S/C2H7N2.Pd/c3-1-2-4;/h3H,1-2,4H2;/q-1;+1. The van der Waals surface area contributed by atoms with Gasteiger partial charge in [0.2, 0.25) is 0 Å². The van der Waals surface area contributed by atoms with E-state index in [1.165, 1.54) is 0 Å². The Hall–Kier alpha value is 0.582. The van der Waals surface area contributed by atoms with Crippen LogP contribution in [-0.4, -0.2) is 13.1 Å². The summed E-state index contributed by atoms with van der Waals surface area (Å²) in [5.74, 6) is 0. The Kier molecular flexibility index (Phi) is 5.12. The summed E-state index contributed by atoms with van der Waals surface area (Å²) in [4.78, 5) is 0. The molecule has 0 aliphatic heterocycles. The van der Waals surface area contributed by atoms with Gasteiger partial charge in [0.1, 0.15) is 0 Å². The Morgan fingerprint density at radius 1 is 1.80 bits per heavy atom. The molecular weight excluding hydrogens is 158 g/mol. The first-order valence-corrected chi connectivity index (χ1v) is 2.20. The number of hydrogen-bond donors (Lipinski definition) is 2. The molecule has 0 spiro atoms. The summed E-state index contributed by atoms with van der Waals surface area (Å²) < 4.78 is 2.74. The van der Waals surface area contributed by atoms with Gasteiger partial charge in [-0.1, -0.05) is 0 Å².